The van der Waals surface area contributed by atoms with Crippen molar-refractivity contribution < 1.29 is 19.2 Å². The quantitative estimate of drug-likeness (QED) is 0.578. The van der Waals surface area contributed by atoms with Crippen LogP contribution in [0.25, 0.3) is 0 Å². The number of nitro benzene ring substituents is 1. The molecular weight excluding hydrogens is 348 g/mol. The predicted molar refractivity (Wildman–Crippen MR) is 93.4 cm³/mol. The zero-order chi connectivity index (χ0) is 18.6. The Morgan fingerprint density at radius 1 is 1.24 bits per heavy atom. The molecule has 2 rings (SSSR count). The molecule has 0 aliphatic rings. The monoisotopic (exact) mass is 364 g/mol. The van der Waals surface area contributed by atoms with Crippen LogP contribution in [-0.4, -0.2) is 37.0 Å². The summed E-state index contributed by atoms with van der Waals surface area (Å²) in [6, 6.07) is 9.27. The van der Waals surface area contributed by atoms with Crippen molar-refractivity contribution >= 4 is 23.2 Å². The molecule has 8 heteroatoms. The van der Waals surface area contributed by atoms with Gasteiger partial charge in [0.05, 0.1) is 19.1 Å². The van der Waals surface area contributed by atoms with E-state index >= 15 is 0 Å². The Bertz CT molecular complexity index is 810. The van der Waals surface area contributed by atoms with Gasteiger partial charge in [-0.25, -0.2) is 0 Å². The zero-order valence-electron chi connectivity index (χ0n) is 14.0. The van der Waals surface area contributed by atoms with Gasteiger partial charge in [-0.15, -0.1) is 0 Å². The Kier molecular flexibility index (Phi) is 5.82. The molecule has 0 spiro atoms. The molecule has 0 N–H and O–H groups in total. The first-order chi connectivity index (χ1) is 11.9. The molecule has 0 aliphatic carbocycles. The summed E-state index contributed by atoms with van der Waals surface area (Å²) in [7, 11) is 4.58. The number of nitro groups is 1. The van der Waals surface area contributed by atoms with Crippen LogP contribution in [0.3, 0.4) is 0 Å². The molecule has 0 saturated heterocycles. The average molecular weight is 365 g/mol. The molecule has 0 bridgehead atoms. The molecule has 0 saturated carbocycles. The molecule has 2 aromatic rings. The van der Waals surface area contributed by atoms with E-state index in [1.165, 1.54) is 31.3 Å². The van der Waals surface area contributed by atoms with E-state index in [2.05, 4.69) is 0 Å². The van der Waals surface area contributed by atoms with Crippen LogP contribution >= 0.6 is 11.6 Å². The summed E-state index contributed by atoms with van der Waals surface area (Å²) in [4.78, 5) is 24.6. The minimum atomic E-state index is -0.626. The first-order valence-corrected chi connectivity index (χ1v) is 7.66. The van der Waals surface area contributed by atoms with Gasteiger partial charge in [-0.1, -0.05) is 23.7 Å². The van der Waals surface area contributed by atoms with Crippen LogP contribution in [0.15, 0.2) is 36.4 Å². The van der Waals surface area contributed by atoms with E-state index in [-0.39, 0.29) is 22.8 Å². The molecule has 132 valence electrons. The molecule has 1 amide bonds. The van der Waals surface area contributed by atoms with Crippen LogP contribution in [-0.2, 0) is 6.54 Å². The van der Waals surface area contributed by atoms with Crippen LogP contribution < -0.4 is 9.47 Å². The third-order valence-corrected chi connectivity index (χ3v) is 3.86. The van der Waals surface area contributed by atoms with Crippen molar-refractivity contribution in [2.75, 3.05) is 21.3 Å². The van der Waals surface area contributed by atoms with Crippen molar-refractivity contribution in [3.63, 3.8) is 0 Å². The number of methoxy groups -OCH3 is 2. The molecular formula is C17H17ClN2O5. The van der Waals surface area contributed by atoms with Gasteiger partial charge in [0.25, 0.3) is 11.6 Å². The number of benzene rings is 2. The van der Waals surface area contributed by atoms with E-state index in [0.717, 1.165) is 6.07 Å². The summed E-state index contributed by atoms with van der Waals surface area (Å²) in [6.45, 7) is 0.193. The number of carbonyl (C=O) groups is 1. The summed E-state index contributed by atoms with van der Waals surface area (Å²) in [5, 5.41) is 11.4. The molecule has 0 unspecified atom stereocenters. The first-order valence-electron chi connectivity index (χ1n) is 7.28. The second-order valence-corrected chi connectivity index (χ2v) is 5.67. The summed E-state index contributed by atoms with van der Waals surface area (Å²) in [5.41, 5.74) is 0.357. The topological polar surface area (TPSA) is 81.9 Å². The first kappa shape index (κ1) is 18.5. The summed E-state index contributed by atoms with van der Waals surface area (Å²) < 4.78 is 10.6. The molecule has 2 aromatic carbocycles. The molecule has 0 radical (unpaired) electrons. The number of halogens is 1. The van der Waals surface area contributed by atoms with E-state index < -0.39 is 10.8 Å². The Morgan fingerprint density at radius 2 is 1.96 bits per heavy atom. The highest BCUT2D eigenvalue weighted by atomic mass is 35.5. The second kappa shape index (κ2) is 7.85. The normalized spacial score (nSPS) is 10.2. The number of amides is 1. The fraction of sp³-hybridized carbons (Fsp3) is 0.235. The number of hydrogen-bond acceptors (Lipinski definition) is 5. The van der Waals surface area contributed by atoms with Crippen LogP contribution in [0.5, 0.6) is 11.5 Å². The second-order valence-electron chi connectivity index (χ2n) is 5.23. The van der Waals surface area contributed by atoms with Crippen LogP contribution in [0.2, 0.25) is 5.02 Å². The minimum absolute atomic E-state index is 0.0289. The van der Waals surface area contributed by atoms with Crippen molar-refractivity contribution in [2.45, 2.75) is 6.54 Å². The molecule has 7 nitrogen and oxygen atoms in total. The summed E-state index contributed by atoms with van der Waals surface area (Å²) in [5.74, 6) is 0.557. The van der Waals surface area contributed by atoms with Gasteiger partial charge in [-0.3, -0.25) is 14.9 Å². The molecule has 25 heavy (non-hydrogen) atoms. The highest BCUT2D eigenvalue weighted by molar-refractivity contribution is 6.31. The fourth-order valence-corrected chi connectivity index (χ4v) is 2.61. The van der Waals surface area contributed by atoms with E-state index in [1.807, 2.05) is 0 Å². The number of hydrogen-bond donors (Lipinski definition) is 0. The Morgan fingerprint density at radius 3 is 2.56 bits per heavy atom. The lowest BCUT2D eigenvalue weighted by Crippen LogP contribution is -2.27. The predicted octanol–water partition coefficient (Wildman–Crippen LogP) is 3.54. The van der Waals surface area contributed by atoms with Gasteiger partial charge in [0.1, 0.15) is 5.56 Å². The van der Waals surface area contributed by atoms with Gasteiger partial charge in [-0.05, 0) is 18.2 Å². The Labute approximate surface area is 149 Å². The lowest BCUT2D eigenvalue weighted by molar-refractivity contribution is -0.385. The molecule has 0 atom stereocenters. The van der Waals surface area contributed by atoms with E-state index in [1.54, 1.807) is 25.2 Å². The number of carbonyl (C=O) groups excluding carboxylic acids is 1. The van der Waals surface area contributed by atoms with Crippen LogP contribution in [0.1, 0.15) is 15.9 Å². The van der Waals surface area contributed by atoms with Gasteiger partial charge in [-0.2, -0.15) is 0 Å². The Hall–Kier alpha value is -2.80. The Balaban J connectivity index is 2.32. The largest absolute Gasteiger partial charge is 0.493 e. The maximum absolute atomic E-state index is 12.6. The molecule has 0 heterocycles. The summed E-state index contributed by atoms with van der Waals surface area (Å²) >= 11 is 5.79. The summed E-state index contributed by atoms with van der Waals surface area (Å²) in [6.07, 6.45) is 0. The van der Waals surface area contributed by atoms with E-state index in [4.69, 9.17) is 21.1 Å². The standard InChI is InChI=1S/C17H17ClN2O5/c1-19(10-11-5-4-6-15(24-2)16(11)25-3)17(21)13-8-7-12(18)9-14(13)20(22)23/h4-9H,10H2,1-3H3. The van der Waals surface area contributed by atoms with Gasteiger partial charge >= 0.3 is 0 Å². The maximum atomic E-state index is 12.6. The van der Waals surface area contributed by atoms with Crippen molar-refractivity contribution in [1.82, 2.24) is 4.90 Å². The zero-order valence-corrected chi connectivity index (χ0v) is 14.7. The van der Waals surface area contributed by atoms with Crippen molar-refractivity contribution in [3.8, 4) is 11.5 Å². The minimum Gasteiger partial charge on any atom is -0.493 e. The highest BCUT2D eigenvalue weighted by Gasteiger charge is 2.24. The third kappa shape index (κ3) is 4.00. The SMILES string of the molecule is COc1cccc(CN(C)C(=O)c2ccc(Cl)cc2[N+](=O)[O-])c1OC. The van der Waals surface area contributed by atoms with Gasteiger partial charge in [0.2, 0.25) is 0 Å². The van der Waals surface area contributed by atoms with Gasteiger partial charge in [0.15, 0.2) is 11.5 Å². The van der Waals surface area contributed by atoms with E-state index in [0.29, 0.717) is 17.1 Å². The van der Waals surface area contributed by atoms with Crippen molar-refractivity contribution in [1.29, 1.82) is 0 Å². The smallest absolute Gasteiger partial charge is 0.283 e. The number of ether oxygens (including phenoxy) is 2. The third-order valence-electron chi connectivity index (χ3n) is 3.63. The maximum Gasteiger partial charge on any atom is 0.283 e. The molecule has 0 aliphatic heterocycles. The number of para-hydroxylation sites is 1. The van der Waals surface area contributed by atoms with Crippen molar-refractivity contribution in [3.05, 3.63) is 62.7 Å². The molecule has 0 fully saturated rings. The van der Waals surface area contributed by atoms with Gasteiger partial charge < -0.3 is 14.4 Å². The number of nitrogens with zero attached hydrogens (tertiary/aromatic N) is 2. The lowest BCUT2D eigenvalue weighted by Gasteiger charge is -2.20. The van der Waals surface area contributed by atoms with Gasteiger partial charge in [0, 0.05) is 30.2 Å². The fourth-order valence-electron chi connectivity index (χ4n) is 2.45. The highest BCUT2D eigenvalue weighted by Crippen LogP contribution is 2.32. The van der Waals surface area contributed by atoms with Crippen LogP contribution in [0, 0.1) is 10.1 Å². The molecule has 0 aromatic heterocycles. The van der Waals surface area contributed by atoms with Crippen molar-refractivity contribution in [2.24, 2.45) is 0 Å². The number of rotatable bonds is 6. The van der Waals surface area contributed by atoms with Crippen LogP contribution in [0.4, 0.5) is 5.69 Å². The average Bonchev–Trinajstić information content (AvgIpc) is 2.60. The lowest BCUT2D eigenvalue weighted by atomic mass is 10.1. The van der Waals surface area contributed by atoms with E-state index in [9.17, 15) is 14.9 Å².